The van der Waals surface area contributed by atoms with Gasteiger partial charge in [0.05, 0.1) is 0 Å². The van der Waals surface area contributed by atoms with Crippen LogP contribution in [0.25, 0.3) is 0 Å². The summed E-state index contributed by atoms with van der Waals surface area (Å²) in [5.74, 6) is 0. The molecule has 5 rings (SSSR count). The third-order valence-electron chi connectivity index (χ3n) is 8.05. The first-order chi connectivity index (χ1) is 20.8. The molecule has 0 aliphatic heterocycles. The van der Waals surface area contributed by atoms with E-state index in [9.17, 15) is 0 Å². The molecule has 0 atom stereocenters. The van der Waals surface area contributed by atoms with Gasteiger partial charge in [-0.3, -0.25) is 0 Å². The summed E-state index contributed by atoms with van der Waals surface area (Å²) < 4.78 is 14.2. The molecule has 0 N–H and O–H groups in total. The second-order valence-corrected chi connectivity index (χ2v) is 17.6. The van der Waals surface area contributed by atoms with Crippen molar-refractivity contribution in [2.75, 3.05) is 13.2 Å². The molecule has 0 amide bonds. The Bertz CT molecular complexity index is 1280. The number of unbranched alkanes of at least 4 members (excludes halogenated alkanes) is 2. The Morgan fingerprint density at radius 3 is 0.833 bits per heavy atom. The topological polar surface area (TPSA) is 18.5 Å². The summed E-state index contributed by atoms with van der Waals surface area (Å²) in [5.41, 5.74) is 0. The fraction of sp³-hybridized carbons (Fsp3) is 0.211. The van der Waals surface area contributed by atoms with Crippen molar-refractivity contribution in [3.63, 3.8) is 0 Å². The van der Waals surface area contributed by atoms with Gasteiger partial charge in [0.2, 0.25) is 0 Å². The molecule has 0 fully saturated rings. The minimum atomic E-state index is -2.76. The highest BCUT2D eigenvalue weighted by atomic mass is 28.4. The van der Waals surface area contributed by atoms with Gasteiger partial charge in [-0.05, 0) is 44.0 Å². The van der Waals surface area contributed by atoms with E-state index in [0.717, 1.165) is 38.9 Å². The van der Waals surface area contributed by atoms with Crippen LogP contribution in [-0.2, 0) is 8.85 Å². The highest BCUT2D eigenvalue weighted by Gasteiger charge is 2.44. The van der Waals surface area contributed by atoms with Crippen LogP contribution >= 0.6 is 0 Å². The van der Waals surface area contributed by atoms with Crippen LogP contribution in [0, 0.1) is 0 Å². The maximum atomic E-state index is 7.12. The predicted octanol–water partition coefficient (Wildman–Crippen LogP) is 5.25. The first-order valence-electron chi connectivity index (χ1n) is 15.4. The van der Waals surface area contributed by atoms with Gasteiger partial charge in [-0.2, -0.15) is 0 Å². The van der Waals surface area contributed by atoms with Crippen LogP contribution in [0.2, 0.25) is 0 Å². The minimum Gasteiger partial charge on any atom is -0.404 e. The highest BCUT2D eigenvalue weighted by Crippen LogP contribution is 2.14. The molecular weight excluding hydrogens is 545 g/mol. The third kappa shape index (κ3) is 6.13. The Labute approximate surface area is 254 Å². The average Bonchev–Trinajstić information content (AvgIpc) is 3.07. The molecule has 0 aromatic heterocycles. The molecule has 214 valence electrons. The van der Waals surface area contributed by atoms with Gasteiger partial charge in [0.1, 0.15) is 0 Å². The van der Waals surface area contributed by atoms with E-state index in [1.54, 1.807) is 0 Å². The van der Waals surface area contributed by atoms with Gasteiger partial charge in [0.15, 0.2) is 0 Å². The van der Waals surface area contributed by atoms with Gasteiger partial charge >= 0.3 is 0 Å². The molecule has 0 unspecified atom stereocenters. The largest absolute Gasteiger partial charge is 0.404 e. The Morgan fingerprint density at radius 2 is 0.595 bits per heavy atom. The van der Waals surface area contributed by atoms with Gasteiger partial charge in [-0.1, -0.05) is 172 Å². The molecule has 0 radical (unpaired) electrons. The Morgan fingerprint density at radius 1 is 0.357 bits per heavy atom. The van der Waals surface area contributed by atoms with Gasteiger partial charge in [0.25, 0.3) is 16.6 Å². The summed E-state index contributed by atoms with van der Waals surface area (Å²) in [5, 5.41) is 7.61. The molecule has 42 heavy (non-hydrogen) atoms. The van der Waals surface area contributed by atoms with E-state index >= 15 is 0 Å². The molecule has 0 aliphatic carbocycles. The fourth-order valence-corrected chi connectivity index (χ4v) is 13.7. The molecule has 0 aliphatic rings. The summed E-state index contributed by atoms with van der Waals surface area (Å²) in [6.07, 6.45) is 4.28. The van der Waals surface area contributed by atoms with Gasteiger partial charge in [-0.25, -0.2) is 0 Å². The van der Waals surface area contributed by atoms with Gasteiger partial charge in [0, 0.05) is 13.2 Å². The van der Waals surface area contributed by atoms with E-state index in [1.165, 1.54) is 31.1 Å². The van der Waals surface area contributed by atoms with E-state index in [-0.39, 0.29) is 0 Å². The maximum absolute atomic E-state index is 7.12. The predicted molar refractivity (Wildman–Crippen MR) is 183 cm³/mol. The lowest BCUT2D eigenvalue weighted by molar-refractivity contribution is 0.314. The van der Waals surface area contributed by atoms with E-state index < -0.39 is 16.6 Å². The highest BCUT2D eigenvalue weighted by molar-refractivity contribution is 7.08. The molecule has 0 saturated heterocycles. The van der Waals surface area contributed by atoms with Crippen LogP contribution in [0.5, 0.6) is 0 Å². The maximum Gasteiger partial charge on any atom is 0.288 e. The van der Waals surface area contributed by atoms with E-state index in [2.05, 4.69) is 159 Å². The second-order valence-electron chi connectivity index (χ2n) is 10.8. The van der Waals surface area contributed by atoms with Crippen LogP contribution in [0.4, 0.5) is 0 Å². The zero-order valence-electron chi connectivity index (χ0n) is 24.9. The van der Waals surface area contributed by atoms with Gasteiger partial charge < -0.3 is 8.85 Å². The Kier molecular flexibility index (Phi) is 10.4. The SMILES string of the molecule is CCCCO[Si](c1ccccc1)(c1ccccc1)c1ccc([Si](OCCCC)(c2ccccc2)c2ccccc2)cc1. The van der Waals surface area contributed by atoms with E-state index in [4.69, 9.17) is 8.85 Å². The lowest BCUT2D eigenvalue weighted by Gasteiger charge is -2.35. The van der Waals surface area contributed by atoms with E-state index in [0.29, 0.717) is 0 Å². The van der Waals surface area contributed by atoms with Crippen molar-refractivity contribution in [2.24, 2.45) is 0 Å². The molecule has 0 saturated carbocycles. The van der Waals surface area contributed by atoms with Crippen molar-refractivity contribution in [1.29, 1.82) is 0 Å². The number of hydrogen-bond donors (Lipinski definition) is 0. The first-order valence-corrected chi connectivity index (χ1v) is 19.2. The normalized spacial score (nSPS) is 11.9. The monoisotopic (exact) mass is 586 g/mol. The van der Waals surface area contributed by atoms with Crippen molar-refractivity contribution < 1.29 is 8.85 Å². The fourth-order valence-electron chi connectivity index (χ4n) is 5.87. The van der Waals surface area contributed by atoms with Crippen molar-refractivity contribution in [3.8, 4) is 0 Å². The summed E-state index contributed by atoms with van der Waals surface area (Å²) in [6.45, 7) is 5.92. The Balaban J connectivity index is 1.70. The summed E-state index contributed by atoms with van der Waals surface area (Å²) in [6, 6.07) is 52.8. The van der Waals surface area contributed by atoms with E-state index in [1.807, 2.05) is 0 Å². The number of hydrogen-bond acceptors (Lipinski definition) is 2. The minimum absolute atomic E-state index is 0.737. The molecular formula is C38H42O2Si2. The van der Waals surface area contributed by atoms with Gasteiger partial charge in [-0.15, -0.1) is 0 Å². The van der Waals surface area contributed by atoms with Crippen molar-refractivity contribution in [1.82, 2.24) is 0 Å². The molecule has 4 heteroatoms. The third-order valence-corrected chi connectivity index (χ3v) is 16.2. The van der Waals surface area contributed by atoms with Crippen LogP contribution < -0.4 is 31.1 Å². The zero-order chi connectivity index (χ0) is 29.1. The summed E-state index contributed by atoms with van der Waals surface area (Å²) in [4.78, 5) is 0. The summed E-state index contributed by atoms with van der Waals surface area (Å²) in [7, 11) is -5.52. The number of rotatable bonds is 14. The van der Waals surface area contributed by atoms with Crippen LogP contribution in [0.3, 0.4) is 0 Å². The molecule has 2 nitrogen and oxygen atoms in total. The van der Waals surface area contributed by atoms with Crippen molar-refractivity contribution in [2.45, 2.75) is 39.5 Å². The average molecular weight is 587 g/mol. The molecule has 0 bridgehead atoms. The van der Waals surface area contributed by atoms with Crippen molar-refractivity contribution >= 4 is 47.8 Å². The van der Waals surface area contributed by atoms with Crippen LogP contribution in [0.1, 0.15) is 39.5 Å². The lowest BCUT2D eigenvalue weighted by atomic mass is 10.3. The smallest absolute Gasteiger partial charge is 0.288 e. The first kappa shape index (κ1) is 29.9. The second kappa shape index (κ2) is 14.6. The standard InChI is InChI=1S/C38H42O2Si2/c1-3-5-31-39-41(33-19-11-7-12-20-33,34-21-13-8-14-22-34)37-27-29-38(30-28-37)42(40-32-6-4-2,35-23-15-9-16-24-35)36-25-17-10-18-26-36/h7-30H,3-6,31-32H2,1-2H3. The molecule has 0 spiro atoms. The Hall–Kier alpha value is -3.55. The van der Waals surface area contributed by atoms with Crippen molar-refractivity contribution in [3.05, 3.63) is 146 Å². The van der Waals surface area contributed by atoms with Crippen LogP contribution in [0.15, 0.2) is 146 Å². The molecule has 5 aromatic rings. The summed E-state index contributed by atoms with van der Waals surface area (Å²) >= 11 is 0. The zero-order valence-corrected chi connectivity index (χ0v) is 26.9. The van der Waals surface area contributed by atoms with Crippen LogP contribution in [-0.4, -0.2) is 29.8 Å². The molecule has 5 aromatic carbocycles. The lowest BCUT2D eigenvalue weighted by Crippen LogP contribution is -2.71. The molecule has 0 heterocycles. The number of benzene rings is 5. The quantitative estimate of drug-likeness (QED) is 0.101.